The first-order valence-corrected chi connectivity index (χ1v) is 10.0. The zero-order valence-corrected chi connectivity index (χ0v) is 16.7. The maximum absolute atomic E-state index is 12.9. The molecule has 0 amide bonds. The van der Waals surface area contributed by atoms with Gasteiger partial charge in [-0.2, -0.15) is 9.40 Å². The fraction of sp³-hybridized carbons (Fsp3) is 0.429. The Kier molecular flexibility index (Phi) is 5.18. The van der Waals surface area contributed by atoms with E-state index in [4.69, 9.17) is 34.8 Å². The largest absolute Gasteiger partial charge is 0.366 e. The van der Waals surface area contributed by atoms with Gasteiger partial charge in [0.2, 0.25) is 10.0 Å². The Morgan fingerprint density at radius 1 is 1.04 bits per heavy atom. The van der Waals surface area contributed by atoms with Gasteiger partial charge in [0.15, 0.2) is 0 Å². The maximum Gasteiger partial charge on any atom is 0.248 e. The number of aryl methyl sites for hydroxylation is 2. The molecule has 2 aromatic heterocycles. The van der Waals surface area contributed by atoms with Crippen LogP contribution in [0.5, 0.6) is 0 Å². The Morgan fingerprint density at radius 3 is 2.08 bits per heavy atom. The van der Waals surface area contributed by atoms with Crippen molar-refractivity contribution in [3.63, 3.8) is 0 Å². The summed E-state index contributed by atoms with van der Waals surface area (Å²) in [6, 6.07) is 0. The number of halogens is 3. The number of hydrogen-bond acceptors (Lipinski definition) is 5. The quantitative estimate of drug-likeness (QED) is 0.757. The van der Waals surface area contributed by atoms with Gasteiger partial charge in [0.1, 0.15) is 10.0 Å². The molecule has 25 heavy (non-hydrogen) atoms. The van der Waals surface area contributed by atoms with Crippen molar-refractivity contribution < 1.29 is 8.42 Å². The number of rotatable bonds is 3. The standard InChI is InChI=1S/C14H16Cl3N5O2S/c1-9-13(14(17)20(2)19-9)25(23,24)22-5-3-21(4-6-22)12-10(15)7-18-8-11(12)16/h7-8H,3-6H2,1-2H3. The molecule has 0 aromatic carbocycles. The van der Waals surface area contributed by atoms with Gasteiger partial charge in [0.05, 0.1) is 21.4 Å². The van der Waals surface area contributed by atoms with Crippen LogP contribution in [-0.2, 0) is 17.1 Å². The van der Waals surface area contributed by atoms with Crippen molar-refractivity contribution in [2.75, 3.05) is 31.1 Å². The molecule has 1 aliphatic heterocycles. The maximum atomic E-state index is 12.9. The van der Waals surface area contributed by atoms with Crippen molar-refractivity contribution in [3.8, 4) is 0 Å². The molecule has 7 nitrogen and oxygen atoms in total. The average Bonchev–Trinajstić information content (AvgIpc) is 2.80. The topological polar surface area (TPSA) is 71.3 Å². The number of nitrogens with zero attached hydrogens (tertiary/aromatic N) is 5. The van der Waals surface area contributed by atoms with E-state index in [-0.39, 0.29) is 10.0 Å². The monoisotopic (exact) mass is 423 g/mol. The van der Waals surface area contributed by atoms with Crippen LogP contribution in [0.4, 0.5) is 5.69 Å². The SMILES string of the molecule is Cc1nn(C)c(Cl)c1S(=O)(=O)N1CCN(c2c(Cl)cncc2Cl)CC1. The highest BCUT2D eigenvalue weighted by Crippen LogP contribution is 2.34. The molecule has 1 aliphatic rings. The van der Waals surface area contributed by atoms with Crippen LogP contribution in [0.15, 0.2) is 17.3 Å². The number of piperazine rings is 1. The van der Waals surface area contributed by atoms with Crippen LogP contribution < -0.4 is 4.90 Å². The second-order valence-electron chi connectivity index (χ2n) is 5.67. The molecule has 0 aliphatic carbocycles. The van der Waals surface area contributed by atoms with Gasteiger partial charge >= 0.3 is 0 Å². The van der Waals surface area contributed by atoms with E-state index in [0.29, 0.717) is 47.6 Å². The molecule has 0 N–H and O–H groups in total. The smallest absolute Gasteiger partial charge is 0.248 e. The molecule has 0 radical (unpaired) electrons. The number of hydrogen-bond donors (Lipinski definition) is 0. The highest BCUT2D eigenvalue weighted by atomic mass is 35.5. The third-order valence-electron chi connectivity index (χ3n) is 4.08. The van der Waals surface area contributed by atoms with Crippen LogP contribution in [0.2, 0.25) is 15.2 Å². The zero-order valence-electron chi connectivity index (χ0n) is 13.6. The molecular weight excluding hydrogens is 409 g/mol. The second-order valence-corrected chi connectivity index (χ2v) is 8.72. The van der Waals surface area contributed by atoms with Gasteiger partial charge in [-0.25, -0.2) is 8.42 Å². The lowest BCUT2D eigenvalue weighted by Gasteiger charge is -2.36. The van der Waals surface area contributed by atoms with E-state index in [1.54, 1.807) is 14.0 Å². The molecule has 1 fully saturated rings. The fourth-order valence-electron chi connectivity index (χ4n) is 2.89. The van der Waals surface area contributed by atoms with Crippen LogP contribution in [0, 0.1) is 6.92 Å². The first-order chi connectivity index (χ1) is 11.7. The van der Waals surface area contributed by atoms with E-state index in [1.807, 2.05) is 4.90 Å². The van der Waals surface area contributed by atoms with E-state index < -0.39 is 10.0 Å². The van der Waals surface area contributed by atoms with Gasteiger partial charge in [-0.1, -0.05) is 34.8 Å². The van der Waals surface area contributed by atoms with Crippen molar-refractivity contribution >= 4 is 50.5 Å². The summed E-state index contributed by atoms with van der Waals surface area (Å²) >= 11 is 18.5. The molecule has 2 aromatic rings. The molecule has 0 atom stereocenters. The van der Waals surface area contributed by atoms with Crippen LogP contribution >= 0.6 is 34.8 Å². The summed E-state index contributed by atoms with van der Waals surface area (Å²) in [4.78, 5) is 5.95. The highest BCUT2D eigenvalue weighted by Gasteiger charge is 2.34. The molecule has 11 heteroatoms. The number of anilines is 1. The average molecular weight is 425 g/mol. The molecule has 3 heterocycles. The molecule has 1 saturated heterocycles. The predicted molar refractivity (Wildman–Crippen MR) is 98.2 cm³/mol. The Morgan fingerprint density at radius 2 is 1.60 bits per heavy atom. The van der Waals surface area contributed by atoms with Gasteiger partial charge in [-0.3, -0.25) is 9.67 Å². The predicted octanol–water partition coefficient (Wildman–Crippen LogP) is 2.59. The van der Waals surface area contributed by atoms with Crippen LogP contribution in [-0.4, -0.2) is 53.7 Å². The third kappa shape index (κ3) is 3.33. The Hall–Kier alpha value is -1.06. The van der Waals surface area contributed by atoms with Crippen molar-refractivity contribution in [2.24, 2.45) is 7.05 Å². The normalized spacial score (nSPS) is 16.4. The minimum absolute atomic E-state index is 0.0603. The van der Waals surface area contributed by atoms with E-state index >= 15 is 0 Å². The summed E-state index contributed by atoms with van der Waals surface area (Å²) in [7, 11) is -2.10. The number of sulfonamides is 1. The van der Waals surface area contributed by atoms with E-state index in [2.05, 4.69) is 10.1 Å². The van der Waals surface area contributed by atoms with Gasteiger partial charge in [-0.05, 0) is 6.92 Å². The number of pyridine rings is 1. The van der Waals surface area contributed by atoms with Crippen LogP contribution in [0.25, 0.3) is 0 Å². The van der Waals surface area contributed by atoms with E-state index in [0.717, 1.165) is 0 Å². The molecule has 3 rings (SSSR count). The lowest BCUT2D eigenvalue weighted by Crippen LogP contribution is -2.49. The lowest BCUT2D eigenvalue weighted by atomic mass is 10.3. The van der Waals surface area contributed by atoms with Crippen molar-refractivity contribution in [3.05, 3.63) is 33.3 Å². The summed E-state index contributed by atoms with van der Waals surface area (Å²) in [6.45, 7) is 3.13. The highest BCUT2D eigenvalue weighted by molar-refractivity contribution is 7.89. The second kappa shape index (κ2) is 6.92. The molecule has 0 bridgehead atoms. The summed E-state index contributed by atoms with van der Waals surface area (Å²) < 4.78 is 28.6. The van der Waals surface area contributed by atoms with Crippen molar-refractivity contribution in [2.45, 2.75) is 11.8 Å². The first-order valence-electron chi connectivity index (χ1n) is 7.46. The summed E-state index contributed by atoms with van der Waals surface area (Å²) in [6.07, 6.45) is 3.04. The van der Waals surface area contributed by atoms with Gasteiger partial charge < -0.3 is 4.90 Å². The third-order valence-corrected chi connectivity index (χ3v) is 7.23. The van der Waals surface area contributed by atoms with Crippen molar-refractivity contribution in [1.29, 1.82) is 0 Å². The zero-order chi connectivity index (χ0) is 18.4. The summed E-state index contributed by atoms with van der Waals surface area (Å²) in [5.41, 5.74) is 1.06. The van der Waals surface area contributed by atoms with Crippen LogP contribution in [0.1, 0.15) is 5.69 Å². The molecule has 0 saturated carbocycles. The van der Waals surface area contributed by atoms with Gasteiger partial charge in [0.25, 0.3) is 0 Å². The molecule has 136 valence electrons. The van der Waals surface area contributed by atoms with Gasteiger partial charge in [0, 0.05) is 45.6 Å². The summed E-state index contributed by atoms with van der Waals surface area (Å²) in [5.74, 6) is 0. The molecule has 0 spiro atoms. The Labute approximate surface area is 161 Å². The fourth-order valence-corrected chi connectivity index (χ4v) is 5.62. The minimum atomic E-state index is -3.72. The lowest BCUT2D eigenvalue weighted by molar-refractivity contribution is 0.384. The molecule has 0 unspecified atom stereocenters. The molecular formula is C14H16Cl3N5O2S. The first kappa shape index (κ1) is 18.7. The van der Waals surface area contributed by atoms with Crippen LogP contribution in [0.3, 0.4) is 0 Å². The number of aromatic nitrogens is 3. The van der Waals surface area contributed by atoms with E-state index in [9.17, 15) is 8.42 Å². The van der Waals surface area contributed by atoms with Crippen molar-refractivity contribution in [1.82, 2.24) is 19.1 Å². The minimum Gasteiger partial charge on any atom is -0.366 e. The Bertz CT molecular complexity index is 887. The Balaban J connectivity index is 1.82. The summed E-state index contributed by atoms with van der Waals surface area (Å²) in [5, 5.41) is 5.07. The van der Waals surface area contributed by atoms with Gasteiger partial charge in [-0.15, -0.1) is 0 Å². The van der Waals surface area contributed by atoms with E-state index in [1.165, 1.54) is 21.4 Å².